The average Bonchev–Trinajstić information content (AvgIpc) is 4.40. The molecule has 0 aliphatic carbocycles. The Morgan fingerprint density at radius 3 is 1.62 bits per heavy atom. The Labute approximate surface area is 452 Å². The Morgan fingerprint density at radius 2 is 1.17 bits per heavy atom. The molecular weight excluding hydrogens is 1030 g/mol. The third-order valence-electron chi connectivity index (χ3n) is 14.3. The number of ether oxygens (including phenoxy) is 4. The summed E-state index contributed by atoms with van der Waals surface area (Å²) in [5.41, 5.74) is 8.21. The zero-order valence-corrected chi connectivity index (χ0v) is 44.7. The maximum atomic E-state index is 14.9. The van der Waals surface area contributed by atoms with Crippen LogP contribution in [0.1, 0.15) is 132 Å². The van der Waals surface area contributed by atoms with Gasteiger partial charge in [0.05, 0.1) is 50.0 Å². The third kappa shape index (κ3) is 14.2. The number of phosphoric acid groups is 1. The lowest BCUT2D eigenvalue weighted by Crippen LogP contribution is -2.41. The second-order valence-corrected chi connectivity index (χ2v) is 21.4. The lowest BCUT2D eigenvalue weighted by atomic mass is 9.92. The topological polar surface area (TPSA) is 346 Å². The van der Waals surface area contributed by atoms with Gasteiger partial charge in [-0.1, -0.05) is 109 Å². The highest BCUT2D eigenvalue weighted by Crippen LogP contribution is 2.52. The van der Waals surface area contributed by atoms with Crippen molar-refractivity contribution < 1.29 is 61.9 Å². The number of unbranched alkanes of at least 4 members (excludes halogenated alkanes) is 15. The van der Waals surface area contributed by atoms with Crippen LogP contribution in [0.2, 0.25) is 0 Å². The first-order chi connectivity index (χ1) is 37.7. The smallest absolute Gasteiger partial charge is 0.387 e. The number of hydrogen-bond acceptors (Lipinski definition) is 21. The summed E-state index contributed by atoms with van der Waals surface area (Å²) in [6.07, 6.45) is 9.89. The fraction of sp³-hybridized carbons (Fsp3) is 0.604. The number of halogens is 1. The molecule has 0 amide bonds. The van der Waals surface area contributed by atoms with Crippen LogP contribution < -0.4 is 11.5 Å². The summed E-state index contributed by atoms with van der Waals surface area (Å²) in [7, 11) is -5.00. The number of nitriles is 3. The summed E-state index contributed by atoms with van der Waals surface area (Å²) in [6.45, 7) is 0.0122. The summed E-state index contributed by atoms with van der Waals surface area (Å²) in [4.78, 5) is 7.88. The van der Waals surface area contributed by atoms with Gasteiger partial charge in [-0.2, -0.15) is 26.0 Å². The molecule has 23 nitrogen and oxygen atoms in total. The van der Waals surface area contributed by atoms with E-state index in [2.05, 4.69) is 27.1 Å². The molecule has 78 heavy (non-hydrogen) atoms. The third-order valence-corrected chi connectivity index (χ3v) is 15.7. The first-order valence-electron chi connectivity index (χ1n) is 26.7. The van der Waals surface area contributed by atoms with Crippen molar-refractivity contribution >= 4 is 30.5 Å². The predicted molar refractivity (Wildman–Crippen MR) is 279 cm³/mol. The van der Waals surface area contributed by atoms with Crippen LogP contribution in [0.5, 0.6) is 0 Å². The van der Waals surface area contributed by atoms with Crippen molar-refractivity contribution in [3.8, 4) is 18.2 Å². The van der Waals surface area contributed by atoms with Crippen LogP contribution in [-0.2, 0) is 54.9 Å². The molecule has 0 radical (unpaired) electrons. The van der Waals surface area contributed by atoms with E-state index in [1.54, 1.807) is 6.07 Å². The normalized spacial score (nSPS) is 23.7. The molecule has 2 aliphatic heterocycles. The van der Waals surface area contributed by atoms with Gasteiger partial charge in [-0.3, -0.25) is 13.6 Å². The number of nitrogens with two attached hydrogens (primary N) is 2. The van der Waals surface area contributed by atoms with E-state index < -0.39 is 87.4 Å². The van der Waals surface area contributed by atoms with Gasteiger partial charge in [0.25, 0.3) is 0 Å². The molecule has 0 saturated carbocycles. The predicted octanol–water partition coefficient (Wildman–Crippen LogP) is 6.35. The molecule has 2 aliphatic rings. The number of aromatic nitrogens is 6. The van der Waals surface area contributed by atoms with E-state index >= 15 is 0 Å². The summed E-state index contributed by atoms with van der Waals surface area (Å²) in [5.74, 6) is -0.645. The number of benzene rings is 1. The molecule has 6 heterocycles. The Kier molecular flexibility index (Phi) is 21.8. The molecule has 9 atom stereocenters. The van der Waals surface area contributed by atoms with E-state index in [1.807, 2.05) is 12.1 Å². The van der Waals surface area contributed by atoms with Gasteiger partial charge >= 0.3 is 7.82 Å². The molecule has 25 heteroatoms. The fourth-order valence-corrected chi connectivity index (χ4v) is 11.0. The number of aliphatic hydroxyl groups is 4. The molecule has 7 rings (SSSR count). The van der Waals surface area contributed by atoms with Gasteiger partial charge < -0.3 is 50.8 Å². The zero-order valence-electron chi connectivity index (χ0n) is 43.9. The van der Waals surface area contributed by atoms with Crippen molar-refractivity contribution in [2.24, 2.45) is 0 Å². The van der Waals surface area contributed by atoms with Crippen molar-refractivity contribution in [1.82, 2.24) is 29.2 Å². The van der Waals surface area contributed by atoms with Crippen LogP contribution in [0.15, 0.2) is 55.1 Å². The largest absolute Gasteiger partial charge is 0.475 e. The van der Waals surface area contributed by atoms with Crippen LogP contribution in [-0.4, -0.2) is 125 Å². The first kappa shape index (κ1) is 59.9. The molecule has 2 saturated heterocycles. The minimum atomic E-state index is -5.00. The average molecular weight is 1100 g/mol. The van der Waals surface area contributed by atoms with Crippen LogP contribution >= 0.6 is 7.82 Å². The molecule has 4 aromatic heterocycles. The Bertz CT molecular complexity index is 2780. The van der Waals surface area contributed by atoms with Crippen molar-refractivity contribution in [1.29, 1.82) is 15.8 Å². The number of anilines is 2. The number of hydrogen-bond donors (Lipinski definition) is 6. The minimum Gasteiger partial charge on any atom is -0.387 e. The van der Waals surface area contributed by atoms with Crippen molar-refractivity contribution in [2.75, 3.05) is 44.5 Å². The standard InChI is InChI=1S/C53H71FN11O12P/c1-2-3-4-5-6-7-8-9-10-11-12-13-14-15-16-17-24-71-28-38(72-27-36-18-19-37(26-55)39(54)25-36)29-73-78(70,74-30-42-46(66)48(68)52(32-56,76-42)44-22-20-40-50(58)60-34-62-64(40)44)75-31-43-47(67)49(69)53(33-57,77-43)45-23-21-41-51(59)61-35-63-65(41)45/h18-23,25,34-35,38,42-43,46-49,66-69H,2-17,24,27-31H2,1H3,(H2,58,60,62)(H2,59,61,63)/t38-,42-,43-,46-,47-,48-,49-,52+,53+/m1/s1. The maximum Gasteiger partial charge on any atom is 0.475 e. The van der Waals surface area contributed by atoms with E-state index in [9.17, 15) is 45.2 Å². The highest BCUT2D eigenvalue weighted by atomic mass is 31.2. The minimum absolute atomic E-state index is 0.0163. The number of nitrogen functional groups attached to an aromatic ring is 2. The monoisotopic (exact) mass is 1100 g/mol. The van der Waals surface area contributed by atoms with Gasteiger partial charge in [0.2, 0.25) is 11.2 Å². The Balaban J connectivity index is 1.02. The van der Waals surface area contributed by atoms with E-state index in [0.717, 1.165) is 44.4 Å². The molecule has 0 unspecified atom stereocenters. The number of nitrogens with zero attached hydrogens (tertiary/aromatic N) is 9. The van der Waals surface area contributed by atoms with Gasteiger partial charge in [-0.05, 0) is 48.4 Å². The number of fused-ring (bicyclic) bond motifs is 2. The molecule has 2 fully saturated rings. The Morgan fingerprint density at radius 1 is 0.692 bits per heavy atom. The van der Waals surface area contributed by atoms with Crippen LogP contribution in [0.25, 0.3) is 11.0 Å². The lowest BCUT2D eigenvalue weighted by molar-refractivity contribution is -0.0802. The van der Waals surface area contributed by atoms with Gasteiger partial charge in [-0.25, -0.2) is 28.0 Å². The second kappa shape index (κ2) is 28.4. The van der Waals surface area contributed by atoms with Crippen molar-refractivity contribution in [3.63, 3.8) is 0 Å². The summed E-state index contributed by atoms with van der Waals surface area (Å²) in [5, 5.41) is 84.1. The highest BCUT2D eigenvalue weighted by molar-refractivity contribution is 7.48. The molecule has 5 aromatic rings. The quantitative estimate of drug-likeness (QED) is 0.0197. The van der Waals surface area contributed by atoms with Gasteiger partial charge in [-0.15, -0.1) is 0 Å². The molecule has 1 aromatic carbocycles. The molecular formula is C53H71FN11O12P. The molecule has 0 spiro atoms. The molecule has 8 N–H and O–H groups in total. The number of aliphatic hydroxyl groups excluding tert-OH is 4. The second-order valence-electron chi connectivity index (χ2n) is 19.8. The van der Waals surface area contributed by atoms with E-state index in [1.165, 1.54) is 122 Å². The lowest BCUT2D eigenvalue weighted by Gasteiger charge is -2.26. The van der Waals surface area contributed by atoms with E-state index in [0.29, 0.717) is 12.2 Å². The van der Waals surface area contributed by atoms with Gasteiger partial charge in [0, 0.05) is 6.61 Å². The fourth-order valence-electron chi connectivity index (χ4n) is 9.78. The first-order valence-corrected chi connectivity index (χ1v) is 28.2. The van der Waals surface area contributed by atoms with Gasteiger partial charge in [0.1, 0.15) is 90.4 Å². The van der Waals surface area contributed by atoms with Crippen molar-refractivity contribution in [2.45, 2.75) is 170 Å². The zero-order chi connectivity index (χ0) is 55.7. The van der Waals surface area contributed by atoms with E-state index in [-0.39, 0.29) is 52.8 Å². The van der Waals surface area contributed by atoms with Crippen molar-refractivity contribution in [3.05, 3.63) is 83.5 Å². The number of rotatable bonds is 33. The summed E-state index contributed by atoms with van der Waals surface area (Å²) < 4.78 is 73.8. The SMILES string of the molecule is CCCCCCCCCCCCCCCCCCOC[C@H](COP(=O)(OC[C@H]1O[C@@](C#N)(c2ccc3c(N)ncnn23)[C@H](O)[C@@H]1O)OC[C@H]1O[C@@](C#N)(c2ccc3c(N)ncnn23)[C@H](O)[C@@H]1O)OCc1ccc(C#N)c(F)c1. The molecule has 422 valence electrons. The van der Waals surface area contributed by atoms with Crippen LogP contribution in [0.3, 0.4) is 0 Å². The maximum absolute atomic E-state index is 14.9. The number of phosphoric ester groups is 1. The summed E-state index contributed by atoms with van der Waals surface area (Å²) >= 11 is 0. The van der Waals surface area contributed by atoms with Gasteiger partial charge in [0.15, 0.2) is 11.6 Å². The van der Waals surface area contributed by atoms with Crippen LogP contribution in [0, 0.1) is 39.8 Å². The summed E-state index contributed by atoms with van der Waals surface area (Å²) in [6, 6.07) is 15.4. The molecule has 0 bridgehead atoms. The highest BCUT2D eigenvalue weighted by Gasteiger charge is 2.59. The van der Waals surface area contributed by atoms with Crippen LogP contribution in [0.4, 0.5) is 16.0 Å². The Hall–Kier alpha value is -5.75. The van der Waals surface area contributed by atoms with E-state index in [4.69, 9.17) is 44.0 Å².